The predicted molar refractivity (Wildman–Crippen MR) is 95.7 cm³/mol. The highest BCUT2D eigenvalue weighted by Gasteiger charge is 2.33. The molecule has 4 aromatic rings. The number of rotatable bonds is 4. The van der Waals surface area contributed by atoms with E-state index in [2.05, 4.69) is 25.4 Å². The first-order chi connectivity index (χ1) is 13.5. The van der Waals surface area contributed by atoms with Gasteiger partial charge in [0.25, 0.3) is 0 Å². The third kappa shape index (κ3) is 3.72. The number of aromatic nitrogens is 6. The van der Waals surface area contributed by atoms with Gasteiger partial charge in [-0.3, -0.25) is 9.55 Å². The van der Waals surface area contributed by atoms with Crippen molar-refractivity contribution in [1.29, 1.82) is 0 Å². The molecule has 0 N–H and O–H groups in total. The summed E-state index contributed by atoms with van der Waals surface area (Å²) >= 11 is 1.08. The molecule has 0 spiro atoms. The molecule has 0 saturated carbocycles. The fourth-order valence-corrected chi connectivity index (χ4v) is 3.22. The van der Waals surface area contributed by atoms with E-state index in [-0.39, 0.29) is 5.03 Å². The summed E-state index contributed by atoms with van der Waals surface area (Å²) in [5.41, 5.74) is 0.567. The topological polar surface area (TPSA) is 69.4 Å². The van der Waals surface area contributed by atoms with E-state index in [1.54, 1.807) is 29.1 Å². The Kier molecular flexibility index (Phi) is 4.78. The van der Waals surface area contributed by atoms with Crippen LogP contribution in [0.15, 0.2) is 77.2 Å². The Morgan fingerprint density at radius 2 is 1.54 bits per heavy atom. The highest BCUT2D eigenvalue weighted by Crippen LogP contribution is 2.32. The van der Waals surface area contributed by atoms with Crippen molar-refractivity contribution >= 4 is 11.8 Å². The minimum Gasteiger partial charge on any atom is -0.270 e. The van der Waals surface area contributed by atoms with Crippen molar-refractivity contribution in [3.05, 3.63) is 72.7 Å². The van der Waals surface area contributed by atoms with Gasteiger partial charge >= 0.3 is 6.18 Å². The van der Waals surface area contributed by atoms with E-state index in [0.717, 1.165) is 29.1 Å². The second-order valence-corrected chi connectivity index (χ2v) is 6.56. The number of benzene rings is 1. The summed E-state index contributed by atoms with van der Waals surface area (Å²) < 4.78 is 39.9. The molecule has 0 fully saturated rings. The van der Waals surface area contributed by atoms with Crippen molar-refractivity contribution in [2.75, 3.05) is 0 Å². The molecule has 0 amide bonds. The van der Waals surface area contributed by atoms with Gasteiger partial charge in [0.1, 0.15) is 5.03 Å². The summed E-state index contributed by atoms with van der Waals surface area (Å²) in [6.45, 7) is 0. The lowest BCUT2D eigenvalue weighted by atomic mass is 10.2. The molecule has 6 nitrogen and oxygen atoms in total. The fraction of sp³-hybridized carbons (Fsp3) is 0.0556. The number of hydrogen-bond donors (Lipinski definition) is 0. The Morgan fingerprint density at radius 1 is 0.786 bits per heavy atom. The number of para-hydroxylation sites is 1. The molecule has 0 aliphatic rings. The molecule has 4 rings (SSSR count). The molecular weight excluding hydrogens is 389 g/mol. The lowest BCUT2D eigenvalue weighted by Gasteiger charge is -2.10. The van der Waals surface area contributed by atoms with Gasteiger partial charge in [0, 0.05) is 23.6 Å². The summed E-state index contributed by atoms with van der Waals surface area (Å²) in [7, 11) is 0. The maximum atomic E-state index is 12.7. The number of halogens is 3. The lowest BCUT2D eigenvalue weighted by Crippen LogP contribution is -2.08. The summed E-state index contributed by atoms with van der Waals surface area (Å²) in [6, 6.07) is 15.2. The summed E-state index contributed by atoms with van der Waals surface area (Å²) in [5, 5.41) is 16.1. The summed E-state index contributed by atoms with van der Waals surface area (Å²) in [4.78, 5) is 4.00. The van der Waals surface area contributed by atoms with E-state index in [1.165, 1.54) is 6.07 Å². The Morgan fingerprint density at radius 3 is 2.18 bits per heavy atom. The Balaban J connectivity index is 1.74. The monoisotopic (exact) mass is 400 g/mol. The van der Waals surface area contributed by atoms with Gasteiger partial charge in [0.15, 0.2) is 11.5 Å². The first-order valence-electron chi connectivity index (χ1n) is 8.02. The Labute approximate surface area is 161 Å². The van der Waals surface area contributed by atoms with Gasteiger partial charge in [-0.15, -0.1) is 20.4 Å². The molecule has 0 aliphatic heterocycles. The van der Waals surface area contributed by atoms with Crippen LogP contribution in [0.1, 0.15) is 5.69 Å². The van der Waals surface area contributed by atoms with Crippen molar-refractivity contribution in [1.82, 2.24) is 29.9 Å². The number of pyridine rings is 1. The lowest BCUT2D eigenvalue weighted by molar-refractivity contribution is -0.141. The maximum Gasteiger partial charge on any atom is 0.435 e. The van der Waals surface area contributed by atoms with Crippen molar-refractivity contribution < 1.29 is 13.2 Å². The van der Waals surface area contributed by atoms with E-state index >= 15 is 0 Å². The zero-order chi connectivity index (χ0) is 19.6. The van der Waals surface area contributed by atoms with Crippen LogP contribution >= 0.6 is 11.8 Å². The van der Waals surface area contributed by atoms with Crippen LogP contribution in [0.3, 0.4) is 0 Å². The molecule has 3 heterocycles. The number of hydrogen-bond acceptors (Lipinski definition) is 6. The molecular formula is C18H11F3N6S. The number of nitrogens with zero attached hydrogens (tertiary/aromatic N) is 6. The van der Waals surface area contributed by atoms with Gasteiger partial charge in [-0.1, -0.05) is 18.2 Å². The van der Waals surface area contributed by atoms with E-state index in [1.807, 2.05) is 30.3 Å². The number of alkyl halides is 3. The largest absolute Gasteiger partial charge is 0.435 e. The van der Waals surface area contributed by atoms with Gasteiger partial charge in [0.2, 0.25) is 5.16 Å². The van der Waals surface area contributed by atoms with Crippen LogP contribution in [0.4, 0.5) is 13.2 Å². The molecule has 0 unspecified atom stereocenters. The minimum absolute atomic E-state index is 0.277. The van der Waals surface area contributed by atoms with Crippen LogP contribution < -0.4 is 0 Å². The highest BCUT2D eigenvalue weighted by atomic mass is 32.2. The van der Waals surface area contributed by atoms with Gasteiger partial charge in [-0.25, -0.2) is 0 Å². The SMILES string of the molecule is FC(F)(F)c1ccc(Sc2nnc(-c3ccncc3)n2-c2ccccc2)nn1. The van der Waals surface area contributed by atoms with Gasteiger partial charge in [-0.2, -0.15) is 13.2 Å². The Hall–Kier alpha value is -3.27. The van der Waals surface area contributed by atoms with Gasteiger partial charge in [-0.05, 0) is 48.2 Å². The third-order valence-corrected chi connectivity index (χ3v) is 4.59. The summed E-state index contributed by atoms with van der Waals surface area (Å²) in [5.74, 6) is 0.580. The third-order valence-electron chi connectivity index (χ3n) is 3.71. The normalized spacial score (nSPS) is 11.5. The smallest absolute Gasteiger partial charge is 0.270 e. The van der Waals surface area contributed by atoms with Crippen LogP contribution in [0.25, 0.3) is 17.1 Å². The zero-order valence-corrected chi connectivity index (χ0v) is 14.9. The molecule has 0 saturated heterocycles. The van der Waals surface area contributed by atoms with E-state index in [0.29, 0.717) is 11.0 Å². The molecule has 28 heavy (non-hydrogen) atoms. The van der Waals surface area contributed by atoms with E-state index in [9.17, 15) is 13.2 Å². The first kappa shape index (κ1) is 18.1. The van der Waals surface area contributed by atoms with Gasteiger partial charge in [0.05, 0.1) is 0 Å². The van der Waals surface area contributed by atoms with Crippen molar-refractivity contribution in [3.8, 4) is 17.1 Å². The molecule has 3 aromatic heterocycles. The average molecular weight is 400 g/mol. The maximum absolute atomic E-state index is 12.7. The van der Waals surface area contributed by atoms with Crippen LogP contribution in [0, 0.1) is 0 Å². The highest BCUT2D eigenvalue weighted by molar-refractivity contribution is 7.99. The standard InChI is InChI=1S/C18H11F3N6S/c19-18(20,21)14-6-7-15(24-23-14)28-17-26-25-16(12-8-10-22-11-9-12)27(17)13-4-2-1-3-5-13/h1-11H. The molecule has 1 aromatic carbocycles. The molecule has 0 atom stereocenters. The molecule has 10 heteroatoms. The van der Waals surface area contributed by atoms with Crippen molar-refractivity contribution in [2.24, 2.45) is 0 Å². The summed E-state index contributed by atoms with van der Waals surface area (Å²) in [6.07, 6.45) is -1.24. The second kappa shape index (κ2) is 7.39. The molecule has 0 radical (unpaired) electrons. The second-order valence-electron chi connectivity index (χ2n) is 5.57. The molecule has 0 aliphatic carbocycles. The van der Waals surface area contributed by atoms with Crippen LogP contribution in [-0.4, -0.2) is 29.9 Å². The van der Waals surface area contributed by atoms with Gasteiger partial charge < -0.3 is 0 Å². The molecule has 0 bridgehead atoms. The van der Waals surface area contributed by atoms with Crippen LogP contribution in [-0.2, 0) is 6.18 Å². The van der Waals surface area contributed by atoms with E-state index in [4.69, 9.17) is 0 Å². The Bertz CT molecular complexity index is 1070. The molecule has 140 valence electrons. The van der Waals surface area contributed by atoms with E-state index < -0.39 is 11.9 Å². The first-order valence-corrected chi connectivity index (χ1v) is 8.84. The van der Waals surface area contributed by atoms with Crippen LogP contribution in [0.5, 0.6) is 0 Å². The zero-order valence-electron chi connectivity index (χ0n) is 14.1. The quantitative estimate of drug-likeness (QED) is 0.509. The predicted octanol–water partition coefficient (Wildman–Crippen LogP) is 4.29. The van der Waals surface area contributed by atoms with Crippen molar-refractivity contribution in [3.63, 3.8) is 0 Å². The van der Waals surface area contributed by atoms with Crippen molar-refractivity contribution in [2.45, 2.75) is 16.4 Å². The average Bonchev–Trinajstić information content (AvgIpc) is 3.12. The van der Waals surface area contributed by atoms with Crippen LogP contribution in [0.2, 0.25) is 0 Å². The minimum atomic E-state index is -4.53. The fourth-order valence-electron chi connectivity index (χ4n) is 2.45.